The summed E-state index contributed by atoms with van der Waals surface area (Å²) in [6, 6.07) is 10.9. The Morgan fingerprint density at radius 1 is 1.11 bits per heavy atom. The zero-order chi connectivity index (χ0) is 13.8. The minimum absolute atomic E-state index is 0.301. The molecule has 0 bridgehead atoms. The van der Waals surface area contributed by atoms with Gasteiger partial charge in [-0.2, -0.15) is 0 Å². The third-order valence-electron chi connectivity index (χ3n) is 3.15. The molecule has 19 heavy (non-hydrogen) atoms. The molecule has 0 radical (unpaired) electrons. The first-order valence-corrected chi connectivity index (χ1v) is 7.92. The summed E-state index contributed by atoms with van der Waals surface area (Å²) in [4.78, 5) is 1.33. The molecule has 0 fully saturated rings. The Balaban J connectivity index is 2.04. The van der Waals surface area contributed by atoms with E-state index in [0.717, 1.165) is 5.75 Å². The standard InChI is InChI=1S/C15H18BrNOS/c1-10(12-4-6-13(18-3)7-5-12)17-11(2)15-14(16)8-9-19-15/h4-11,17H,1-3H3. The zero-order valence-electron chi connectivity index (χ0n) is 11.3. The third-order valence-corrected chi connectivity index (χ3v) is 5.21. The van der Waals surface area contributed by atoms with Gasteiger partial charge in [0.25, 0.3) is 0 Å². The fraction of sp³-hybridized carbons (Fsp3) is 0.333. The maximum atomic E-state index is 5.18. The predicted octanol–water partition coefficient (Wildman–Crippen LogP) is 4.93. The molecule has 0 saturated carbocycles. The van der Waals surface area contributed by atoms with E-state index in [2.05, 4.69) is 58.7 Å². The molecule has 2 rings (SSSR count). The van der Waals surface area contributed by atoms with Gasteiger partial charge in [0.1, 0.15) is 5.75 Å². The van der Waals surface area contributed by atoms with Crippen molar-refractivity contribution in [2.24, 2.45) is 0 Å². The fourth-order valence-corrected chi connectivity index (χ4v) is 3.79. The summed E-state index contributed by atoms with van der Waals surface area (Å²) in [5, 5.41) is 5.72. The van der Waals surface area contributed by atoms with Crippen LogP contribution in [0.1, 0.15) is 36.4 Å². The number of methoxy groups -OCH3 is 1. The van der Waals surface area contributed by atoms with Crippen molar-refractivity contribution in [2.45, 2.75) is 25.9 Å². The lowest BCUT2D eigenvalue weighted by molar-refractivity contribution is 0.414. The van der Waals surface area contributed by atoms with E-state index in [9.17, 15) is 0 Å². The summed E-state index contributed by atoms with van der Waals surface area (Å²) >= 11 is 5.36. The van der Waals surface area contributed by atoms with Crippen LogP contribution in [0.25, 0.3) is 0 Å². The van der Waals surface area contributed by atoms with Crippen LogP contribution in [0.5, 0.6) is 5.75 Å². The maximum Gasteiger partial charge on any atom is 0.118 e. The van der Waals surface area contributed by atoms with Crippen LogP contribution in [0.4, 0.5) is 0 Å². The Morgan fingerprint density at radius 3 is 2.32 bits per heavy atom. The van der Waals surface area contributed by atoms with Crippen LogP contribution in [-0.4, -0.2) is 7.11 Å². The van der Waals surface area contributed by atoms with Gasteiger partial charge in [-0.15, -0.1) is 11.3 Å². The highest BCUT2D eigenvalue weighted by molar-refractivity contribution is 9.10. The van der Waals surface area contributed by atoms with Crippen molar-refractivity contribution in [1.29, 1.82) is 0 Å². The highest BCUT2D eigenvalue weighted by atomic mass is 79.9. The molecule has 2 atom stereocenters. The van der Waals surface area contributed by atoms with E-state index >= 15 is 0 Å². The molecule has 1 N–H and O–H groups in total. The Kier molecular flexibility index (Phi) is 5.02. The smallest absolute Gasteiger partial charge is 0.118 e. The van der Waals surface area contributed by atoms with Gasteiger partial charge in [0, 0.05) is 21.4 Å². The number of halogens is 1. The van der Waals surface area contributed by atoms with Gasteiger partial charge in [-0.1, -0.05) is 12.1 Å². The lowest BCUT2D eigenvalue weighted by atomic mass is 10.1. The summed E-state index contributed by atoms with van der Waals surface area (Å²) < 4.78 is 6.36. The lowest BCUT2D eigenvalue weighted by Crippen LogP contribution is -2.22. The molecule has 1 aromatic carbocycles. The molecule has 1 heterocycles. The Morgan fingerprint density at radius 2 is 1.79 bits per heavy atom. The molecule has 1 aromatic heterocycles. The molecule has 4 heteroatoms. The van der Waals surface area contributed by atoms with Gasteiger partial charge in [0.05, 0.1) is 7.11 Å². The number of hydrogen-bond donors (Lipinski definition) is 1. The zero-order valence-corrected chi connectivity index (χ0v) is 13.7. The topological polar surface area (TPSA) is 21.3 Å². The average Bonchev–Trinajstić information content (AvgIpc) is 2.85. The quantitative estimate of drug-likeness (QED) is 0.833. The third kappa shape index (κ3) is 3.59. The van der Waals surface area contributed by atoms with Gasteiger partial charge in [-0.3, -0.25) is 0 Å². The molecule has 0 spiro atoms. The number of ether oxygens (including phenoxy) is 1. The summed E-state index contributed by atoms with van der Waals surface area (Å²) in [6.07, 6.45) is 0. The van der Waals surface area contributed by atoms with E-state index in [-0.39, 0.29) is 0 Å². The van der Waals surface area contributed by atoms with Crippen LogP contribution in [0, 0.1) is 0 Å². The molecule has 0 aliphatic rings. The molecule has 2 aromatic rings. The van der Waals surface area contributed by atoms with Crippen LogP contribution in [0.3, 0.4) is 0 Å². The molecular formula is C15H18BrNOS. The van der Waals surface area contributed by atoms with Crippen LogP contribution < -0.4 is 10.1 Å². The normalized spacial score (nSPS) is 14.1. The van der Waals surface area contributed by atoms with Gasteiger partial charge >= 0.3 is 0 Å². The van der Waals surface area contributed by atoms with Crippen LogP contribution >= 0.6 is 27.3 Å². The van der Waals surface area contributed by atoms with E-state index in [1.165, 1.54) is 14.9 Å². The van der Waals surface area contributed by atoms with E-state index < -0.39 is 0 Å². The van der Waals surface area contributed by atoms with Crippen molar-refractivity contribution in [1.82, 2.24) is 5.32 Å². The van der Waals surface area contributed by atoms with Crippen molar-refractivity contribution in [3.05, 3.63) is 50.6 Å². The highest BCUT2D eigenvalue weighted by Gasteiger charge is 2.14. The number of hydrogen-bond acceptors (Lipinski definition) is 3. The van der Waals surface area contributed by atoms with E-state index in [0.29, 0.717) is 12.1 Å². The summed E-state index contributed by atoms with van der Waals surface area (Å²) in [5.74, 6) is 0.894. The Labute approximate surface area is 126 Å². The number of benzene rings is 1. The molecule has 0 amide bonds. The maximum absolute atomic E-state index is 5.18. The van der Waals surface area contributed by atoms with Gasteiger partial charge in [0.15, 0.2) is 0 Å². The predicted molar refractivity (Wildman–Crippen MR) is 85.0 cm³/mol. The summed E-state index contributed by atoms with van der Waals surface area (Å²) in [7, 11) is 1.69. The molecule has 0 saturated heterocycles. The number of rotatable bonds is 5. The molecule has 0 aliphatic carbocycles. The Bertz CT molecular complexity index is 523. The second-order valence-electron chi connectivity index (χ2n) is 4.52. The summed E-state index contributed by atoms with van der Waals surface area (Å²) in [5.41, 5.74) is 1.26. The Hall–Kier alpha value is -0.840. The van der Waals surface area contributed by atoms with E-state index in [1.807, 2.05) is 12.1 Å². The van der Waals surface area contributed by atoms with Gasteiger partial charge in [-0.05, 0) is 58.9 Å². The largest absolute Gasteiger partial charge is 0.497 e. The first-order chi connectivity index (χ1) is 9.11. The molecule has 0 aliphatic heterocycles. The molecule has 2 unspecified atom stereocenters. The first-order valence-electron chi connectivity index (χ1n) is 6.24. The number of nitrogens with one attached hydrogen (secondary N) is 1. The van der Waals surface area contributed by atoms with Crippen molar-refractivity contribution in [3.63, 3.8) is 0 Å². The van der Waals surface area contributed by atoms with Crippen molar-refractivity contribution < 1.29 is 4.74 Å². The van der Waals surface area contributed by atoms with Crippen molar-refractivity contribution in [2.75, 3.05) is 7.11 Å². The second-order valence-corrected chi connectivity index (χ2v) is 6.32. The van der Waals surface area contributed by atoms with E-state index in [4.69, 9.17) is 4.74 Å². The monoisotopic (exact) mass is 339 g/mol. The van der Waals surface area contributed by atoms with Crippen molar-refractivity contribution >= 4 is 27.3 Å². The average molecular weight is 340 g/mol. The van der Waals surface area contributed by atoms with Gasteiger partial charge in [-0.25, -0.2) is 0 Å². The fourth-order valence-electron chi connectivity index (χ4n) is 2.05. The SMILES string of the molecule is COc1ccc(C(C)NC(C)c2sccc2Br)cc1. The minimum atomic E-state index is 0.301. The minimum Gasteiger partial charge on any atom is -0.497 e. The first kappa shape index (κ1) is 14.6. The molecular weight excluding hydrogens is 322 g/mol. The second kappa shape index (κ2) is 6.55. The van der Waals surface area contributed by atoms with Crippen LogP contribution in [0.2, 0.25) is 0 Å². The summed E-state index contributed by atoms with van der Waals surface area (Å²) in [6.45, 7) is 4.37. The lowest BCUT2D eigenvalue weighted by Gasteiger charge is -2.20. The van der Waals surface area contributed by atoms with Crippen LogP contribution in [0.15, 0.2) is 40.2 Å². The van der Waals surface area contributed by atoms with Gasteiger partial charge < -0.3 is 10.1 Å². The van der Waals surface area contributed by atoms with Crippen molar-refractivity contribution in [3.8, 4) is 5.75 Å². The molecule has 2 nitrogen and oxygen atoms in total. The van der Waals surface area contributed by atoms with Gasteiger partial charge in [0.2, 0.25) is 0 Å². The van der Waals surface area contributed by atoms with E-state index in [1.54, 1.807) is 18.4 Å². The van der Waals surface area contributed by atoms with Crippen LogP contribution in [-0.2, 0) is 0 Å². The highest BCUT2D eigenvalue weighted by Crippen LogP contribution is 2.30. The molecule has 102 valence electrons. The number of thiophene rings is 1.